The molecule has 0 rings (SSSR count). The van der Waals surface area contributed by atoms with Crippen molar-refractivity contribution in [3.63, 3.8) is 0 Å². The Labute approximate surface area is 72.0 Å². The van der Waals surface area contributed by atoms with Crippen LogP contribution in [0.5, 0.6) is 0 Å². The van der Waals surface area contributed by atoms with Crippen molar-refractivity contribution in [2.45, 2.75) is 25.5 Å². The van der Waals surface area contributed by atoms with Crippen molar-refractivity contribution in [3.8, 4) is 0 Å². The minimum atomic E-state index is -0.609. The molecule has 3 nitrogen and oxygen atoms in total. The molecular weight excluding hydrogens is 162 g/mol. The molecule has 0 saturated heterocycles. The van der Waals surface area contributed by atoms with Crippen LogP contribution >= 0.6 is 11.8 Å². The third-order valence-corrected chi connectivity index (χ3v) is 2.56. The van der Waals surface area contributed by atoms with Crippen molar-refractivity contribution < 1.29 is 10.2 Å². The number of aliphatic hydroxyl groups excluding tert-OH is 2. The van der Waals surface area contributed by atoms with Crippen molar-refractivity contribution >= 4 is 11.8 Å². The highest BCUT2D eigenvalue weighted by atomic mass is 32.2. The zero-order chi connectivity index (χ0) is 8.91. The van der Waals surface area contributed by atoms with E-state index in [0.717, 1.165) is 5.75 Å². The fraction of sp³-hybridized carbons (Fsp3) is 1.00. The molecule has 0 aliphatic rings. The summed E-state index contributed by atoms with van der Waals surface area (Å²) in [4.78, 5) is 0. The van der Waals surface area contributed by atoms with E-state index >= 15 is 0 Å². The lowest BCUT2D eigenvalue weighted by Gasteiger charge is -2.18. The fourth-order valence-corrected chi connectivity index (χ4v) is 1.53. The summed E-state index contributed by atoms with van der Waals surface area (Å²) in [6.07, 6.45) is -0.609. The van der Waals surface area contributed by atoms with Crippen LogP contribution in [-0.2, 0) is 0 Å². The van der Waals surface area contributed by atoms with Gasteiger partial charge in [0.1, 0.15) is 0 Å². The Hall–Kier alpha value is 0.230. The van der Waals surface area contributed by atoms with Crippen LogP contribution in [0, 0.1) is 0 Å². The molecule has 0 aliphatic carbocycles. The van der Waals surface area contributed by atoms with Gasteiger partial charge in [0.2, 0.25) is 0 Å². The van der Waals surface area contributed by atoms with Gasteiger partial charge in [-0.25, -0.2) is 0 Å². The van der Waals surface area contributed by atoms with Gasteiger partial charge in [-0.3, -0.25) is 0 Å². The van der Waals surface area contributed by atoms with Crippen molar-refractivity contribution in [2.24, 2.45) is 5.73 Å². The van der Waals surface area contributed by atoms with Crippen molar-refractivity contribution in [2.75, 3.05) is 18.1 Å². The summed E-state index contributed by atoms with van der Waals surface area (Å²) < 4.78 is 0. The van der Waals surface area contributed by atoms with E-state index in [1.54, 1.807) is 11.8 Å². The van der Waals surface area contributed by atoms with Crippen molar-refractivity contribution in [1.29, 1.82) is 0 Å². The van der Waals surface area contributed by atoms with E-state index in [9.17, 15) is 0 Å². The Kier molecular flexibility index (Phi) is 5.08. The maximum absolute atomic E-state index is 8.94. The van der Waals surface area contributed by atoms with E-state index in [0.29, 0.717) is 5.75 Å². The van der Waals surface area contributed by atoms with E-state index < -0.39 is 6.10 Å². The van der Waals surface area contributed by atoms with Gasteiger partial charge in [0.25, 0.3) is 0 Å². The van der Waals surface area contributed by atoms with Crippen LogP contribution in [0.25, 0.3) is 0 Å². The van der Waals surface area contributed by atoms with Gasteiger partial charge in [-0.15, -0.1) is 0 Å². The third kappa shape index (κ3) is 8.13. The highest BCUT2D eigenvalue weighted by Gasteiger charge is 2.11. The first-order valence-corrected chi connectivity index (χ1v) is 4.77. The highest BCUT2D eigenvalue weighted by molar-refractivity contribution is 7.99. The second-order valence-electron chi connectivity index (χ2n) is 3.34. The van der Waals surface area contributed by atoms with Gasteiger partial charge >= 0.3 is 0 Å². The minimum absolute atomic E-state index is 0.169. The first kappa shape index (κ1) is 11.2. The Morgan fingerprint density at radius 3 is 2.45 bits per heavy atom. The van der Waals surface area contributed by atoms with Gasteiger partial charge in [-0.1, -0.05) is 0 Å². The van der Waals surface area contributed by atoms with Crippen LogP contribution in [0.1, 0.15) is 13.8 Å². The van der Waals surface area contributed by atoms with E-state index in [-0.39, 0.29) is 12.1 Å². The zero-order valence-corrected chi connectivity index (χ0v) is 7.90. The van der Waals surface area contributed by atoms with Gasteiger partial charge in [0, 0.05) is 17.0 Å². The summed E-state index contributed by atoms with van der Waals surface area (Å²) in [5.41, 5.74) is 5.50. The Morgan fingerprint density at radius 2 is 2.09 bits per heavy atom. The summed E-state index contributed by atoms with van der Waals surface area (Å²) in [5.74, 6) is 1.35. The molecule has 1 unspecified atom stereocenters. The van der Waals surface area contributed by atoms with Crippen LogP contribution in [0.2, 0.25) is 0 Å². The molecule has 0 aromatic heterocycles. The number of nitrogens with two attached hydrogens (primary N) is 1. The number of aliphatic hydroxyl groups is 2. The lowest BCUT2D eigenvalue weighted by atomic mass is 10.1. The molecule has 0 amide bonds. The Morgan fingerprint density at radius 1 is 1.55 bits per heavy atom. The minimum Gasteiger partial charge on any atom is -0.394 e. The first-order valence-electron chi connectivity index (χ1n) is 3.61. The quantitative estimate of drug-likeness (QED) is 0.547. The molecule has 4 heteroatoms. The molecule has 0 radical (unpaired) electrons. The van der Waals surface area contributed by atoms with Gasteiger partial charge in [-0.2, -0.15) is 11.8 Å². The summed E-state index contributed by atoms with van der Waals surface area (Å²) >= 11 is 1.56. The molecule has 11 heavy (non-hydrogen) atoms. The van der Waals surface area contributed by atoms with Gasteiger partial charge in [0.15, 0.2) is 0 Å². The average molecular weight is 179 g/mol. The van der Waals surface area contributed by atoms with Crippen LogP contribution in [0.4, 0.5) is 0 Å². The van der Waals surface area contributed by atoms with E-state index in [1.807, 2.05) is 13.8 Å². The molecule has 1 atom stereocenters. The predicted molar refractivity (Wildman–Crippen MR) is 48.7 cm³/mol. The van der Waals surface area contributed by atoms with Gasteiger partial charge in [0.05, 0.1) is 12.7 Å². The largest absolute Gasteiger partial charge is 0.394 e. The lowest BCUT2D eigenvalue weighted by Crippen LogP contribution is -2.35. The fourth-order valence-electron chi connectivity index (χ4n) is 0.511. The smallest absolute Gasteiger partial charge is 0.0861 e. The number of rotatable bonds is 5. The second kappa shape index (κ2) is 4.98. The molecule has 0 aliphatic heterocycles. The molecule has 0 fully saturated rings. The van der Waals surface area contributed by atoms with Crippen LogP contribution in [-0.4, -0.2) is 40.0 Å². The molecule has 68 valence electrons. The summed E-state index contributed by atoms with van der Waals surface area (Å²) in [6.45, 7) is 3.70. The lowest BCUT2D eigenvalue weighted by molar-refractivity contribution is 0.113. The molecule has 0 aromatic rings. The number of thioether (sulfide) groups is 1. The molecule has 0 spiro atoms. The molecule has 0 heterocycles. The Balaban J connectivity index is 3.28. The van der Waals surface area contributed by atoms with E-state index in [4.69, 9.17) is 15.9 Å². The number of hydrogen-bond donors (Lipinski definition) is 3. The second-order valence-corrected chi connectivity index (χ2v) is 4.37. The van der Waals surface area contributed by atoms with Crippen LogP contribution in [0.3, 0.4) is 0 Å². The van der Waals surface area contributed by atoms with Crippen molar-refractivity contribution in [3.05, 3.63) is 0 Å². The molecule has 0 bridgehead atoms. The normalized spacial score (nSPS) is 15.0. The maximum atomic E-state index is 8.94. The Bertz CT molecular complexity index is 103. The predicted octanol–water partition coefficient (Wildman–Crippen LogP) is -0.190. The topological polar surface area (TPSA) is 66.5 Å². The number of hydrogen-bond acceptors (Lipinski definition) is 4. The maximum Gasteiger partial charge on any atom is 0.0861 e. The average Bonchev–Trinajstić information content (AvgIpc) is 1.85. The van der Waals surface area contributed by atoms with Crippen LogP contribution < -0.4 is 5.73 Å². The summed E-state index contributed by atoms with van der Waals surface area (Å²) in [7, 11) is 0. The standard InChI is InChI=1S/C7H17NO2S/c1-7(2,8)5-11-4-6(10)3-9/h6,9-10H,3-5,8H2,1-2H3. The molecule has 0 aromatic carbocycles. The van der Waals surface area contributed by atoms with Gasteiger partial charge < -0.3 is 15.9 Å². The van der Waals surface area contributed by atoms with E-state index in [1.165, 1.54) is 0 Å². The highest BCUT2D eigenvalue weighted by Crippen LogP contribution is 2.10. The molecule has 4 N–H and O–H groups in total. The van der Waals surface area contributed by atoms with Crippen molar-refractivity contribution in [1.82, 2.24) is 0 Å². The van der Waals surface area contributed by atoms with E-state index in [2.05, 4.69) is 0 Å². The monoisotopic (exact) mass is 179 g/mol. The zero-order valence-electron chi connectivity index (χ0n) is 7.08. The van der Waals surface area contributed by atoms with Gasteiger partial charge in [-0.05, 0) is 13.8 Å². The molecular formula is C7H17NO2S. The third-order valence-electron chi connectivity index (χ3n) is 0.995. The first-order chi connectivity index (χ1) is 4.95. The summed E-state index contributed by atoms with van der Waals surface area (Å²) in [5, 5.41) is 17.4. The SMILES string of the molecule is CC(C)(N)CSCC(O)CO. The summed E-state index contributed by atoms with van der Waals surface area (Å²) in [6, 6.07) is 0. The van der Waals surface area contributed by atoms with Crippen LogP contribution in [0.15, 0.2) is 0 Å². The molecule has 0 saturated carbocycles.